The zero-order chi connectivity index (χ0) is 12.5. The molecule has 3 heteroatoms. The van der Waals surface area contributed by atoms with Crippen molar-refractivity contribution in [2.75, 3.05) is 6.61 Å². The standard InChI is InChI=1S/C13H28O2Si/c1-9(2)16(10(3)4,11(5)6)14-8-13-12(7)15-13/h9-13H,8H2,1-7H3/t12-,13+/m0/s1. The first kappa shape index (κ1) is 14.2. The molecule has 0 saturated carbocycles. The molecule has 0 bridgehead atoms. The molecule has 0 radical (unpaired) electrons. The SMILES string of the molecule is CC(C)[Si](OC[C@H]1O[C@H]1C)(C(C)C)C(C)C. The summed E-state index contributed by atoms with van der Waals surface area (Å²) in [5.74, 6) is 0. The fraction of sp³-hybridized carbons (Fsp3) is 1.00. The highest BCUT2D eigenvalue weighted by Crippen LogP contribution is 2.42. The molecule has 2 atom stereocenters. The Labute approximate surface area is 102 Å². The maximum Gasteiger partial charge on any atom is 0.200 e. The van der Waals surface area contributed by atoms with Crippen LogP contribution in [0, 0.1) is 0 Å². The van der Waals surface area contributed by atoms with Crippen LogP contribution in [-0.2, 0) is 9.16 Å². The van der Waals surface area contributed by atoms with E-state index in [4.69, 9.17) is 9.16 Å². The van der Waals surface area contributed by atoms with Gasteiger partial charge in [0.25, 0.3) is 0 Å². The maximum absolute atomic E-state index is 6.42. The van der Waals surface area contributed by atoms with E-state index in [0.717, 1.165) is 6.61 Å². The Balaban J connectivity index is 2.68. The van der Waals surface area contributed by atoms with Crippen LogP contribution in [0.5, 0.6) is 0 Å². The molecule has 1 saturated heterocycles. The van der Waals surface area contributed by atoms with Crippen LogP contribution in [0.15, 0.2) is 0 Å². The molecular weight excluding hydrogens is 216 g/mol. The van der Waals surface area contributed by atoms with Gasteiger partial charge in [-0.1, -0.05) is 41.5 Å². The Bertz CT molecular complexity index is 204. The van der Waals surface area contributed by atoms with Gasteiger partial charge in [-0.25, -0.2) is 0 Å². The molecule has 0 aliphatic carbocycles. The third-order valence-electron chi connectivity index (χ3n) is 4.04. The molecule has 1 rings (SSSR count). The van der Waals surface area contributed by atoms with Crippen molar-refractivity contribution in [1.29, 1.82) is 0 Å². The first-order valence-electron chi connectivity index (χ1n) is 6.61. The molecule has 0 spiro atoms. The average molecular weight is 244 g/mol. The van der Waals surface area contributed by atoms with Crippen molar-refractivity contribution < 1.29 is 9.16 Å². The summed E-state index contributed by atoms with van der Waals surface area (Å²) in [5, 5.41) is 0. The van der Waals surface area contributed by atoms with Gasteiger partial charge < -0.3 is 9.16 Å². The van der Waals surface area contributed by atoms with Crippen molar-refractivity contribution in [1.82, 2.24) is 0 Å². The number of hydrogen-bond acceptors (Lipinski definition) is 2. The number of ether oxygens (including phenoxy) is 1. The Morgan fingerprint density at radius 2 is 1.38 bits per heavy atom. The Morgan fingerprint density at radius 1 is 1.00 bits per heavy atom. The van der Waals surface area contributed by atoms with E-state index in [1.165, 1.54) is 0 Å². The van der Waals surface area contributed by atoms with Gasteiger partial charge in [0.15, 0.2) is 8.32 Å². The molecule has 0 aromatic rings. The maximum atomic E-state index is 6.42. The van der Waals surface area contributed by atoms with Crippen LogP contribution < -0.4 is 0 Å². The Kier molecular flexibility index (Phi) is 4.61. The number of epoxide rings is 1. The minimum absolute atomic E-state index is 0.364. The van der Waals surface area contributed by atoms with E-state index >= 15 is 0 Å². The average Bonchev–Trinajstić information content (AvgIpc) is 2.81. The highest BCUT2D eigenvalue weighted by atomic mass is 28.4. The molecule has 1 fully saturated rings. The van der Waals surface area contributed by atoms with Crippen LogP contribution in [-0.4, -0.2) is 27.1 Å². The lowest BCUT2D eigenvalue weighted by Gasteiger charge is -2.42. The zero-order valence-corrected chi connectivity index (χ0v) is 12.9. The molecule has 0 aromatic carbocycles. The second-order valence-electron chi connectivity index (χ2n) is 6.01. The summed E-state index contributed by atoms with van der Waals surface area (Å²) >= 11 is 0. The van der Waals surface area contributed by atoms with Crippen molar-refractivity contribution in [3.05, 3.63) is 0 Å². The minimum atomic E-state index is -1.66. The summed E-state index contributed by atoms with van der Waals surface area (Å²) in [6.45, 7) is 16.9. The quantitative estimate of drug-likeness (QED) is 0.521. The van der Waals surface area contributed by atoms with Gasteiger partial charge in [-0.3, -0.25) is 0 Å². The lowest BCUT2D eigenvalue weighted by molar-refractivity contribution is 0.235. The van der Waals surface area contributed by atoms with Crippen molar-refractivity contribution in [3.63, 3.8) is 0 Å². The Morgan fingerprint density at radius 3 is 1.62 bits per heavy atom. The van der Waals surface area contributed by atoms with Crippen LogP contribution in [0.3, 0.4) is 0 Å². The molecule has 1 aliphatic heterocycles. The van der Waals surface area contributed by atoms with Crippen molar-refractivity contribution >= 4 is 8.32 Å². The van der Waals surface area contributed by atoms with Gasteiger partial charge >= 0.3 is 0 Å². The molecule has 16 heavy (non-hydrogen) atoms. The van der Waals surface area contributed by atoms with Gasteiger partial charge in [-0.15, -0.1) is 0 Å². The van der Waals surface area contributed by atoms with Gasteiger partial charge in [0.05, 0.1) is 12.7 Å². The second-order valence-corrected chi connectivity index (χ2v) is 11.5. The van der Waals surface area contributed by atoms with Gasteiger partial charge in [0.2, 0.25) is 0 Å². The molecule has 1 aliphatic rings. The number of rotatable bonds is 6. The van der Waals surface area contributed by atoms with E-state index in [2.05, 4.69) is 48.5 Å². The predicted molar refractivity (Wildman–Crippen MR) is 71.3 cm³/mol. The largest absolute Gasteiger partial charge is 0.413 e. The molecular formula is C13H28O2Si. The highest BCUT2D eigenvalue weighted by molar-refractivity contribution is 6.77. The third kappa shape index (κ3) is 2.69. The molecule has 96 valence electrons. The molecule has 0 aromatic heterocycles. The van der Waals surface area contributed by atoms with Crippen molar-refractivity contribution in [3.8, 4) is 0 Å². The fourth-order valence-corrected chi connectivity index (χ4v) is 8.58. The van der Waals surface area contributed by atoms with Crippen LogP contribution >= 0.6 is 0 Å². The normalized spacial score (nSPS) is 25.9. The van der Waals surface area contributed by atoms with Crippen LogP contribution in [0.2, 0.25) is 16.6 Å². The van der Waals surface area contributed by atoms with Gasteiger partial charge in [0, 0.05) is 0 Å². The Hall–Kier alpha value is 0.137. The van der Waals surface area contributed by atoms with Crippen molar-refractivity contribution in [2.24, 2.45) is 0 Å². The summed E-state index contributed by atoms with van der Waals surface area (Å²) in [6.07, 6.45) is 0.779. The third-order valence-corrected chi connectivity index (χ3v) is 10.1. The molecule has 0 unspecified atom stereocenters. The molecule has 1 heterocycles. The summed E-state index contributed by atoms with van der Waals surface area (Å²) in [7, 11) is -1.66. The zero-order valence-electron chi connectivity index (χ0n) is 11.9. The second kappa shape index (κ2) is 5.19. The van der Waals surface area contributed by atoms with E-state index in [0.29, 0.717) is 28.8 Å². The van der Waals surface area contributed by atoms with E-state index in [-0.39, 0.29) is 0 Å². The molecule has 0 amide bonds. The van der Waals surface area contributed by atoms with Gasteiger partial charge in [-0.05, 0) is 23.5 Å². The monoisotopic (exact) mass is 244 g/mol. The molecule has 2 nitrogen and oxygen atoms in total. The number of hydrogen-bond donors (Lipinski definition) is 0. The van der Waals surface area contributed by atoms with E-state index in [1.54, 1.807) is 0 Å². The van der Waals surface area contributed by atoms with E-state index in [9.17, 15) is 0 Å². The van der Waals surface area contributed by atoms with Gasteiger partial charge in [-0.2, -0.15) is 0 Å². The van der Waals surface area contributed by atoms with Crippen molar-refractivity contribution in [2.45, 2.75) is 77.3 Å². The lowest BCUT2D eigenvalue weighted by Crippen LogP contribution is -2.48. The highest BCUT2D eigenvalue weighted by Gasteiger charge is 2.47. The van der Waals surface area contributed by atoms with E-state index in [1.807, 2.05) is 0 Å². The van der Waals surface area contributed by atoms with Crippen LogP contribution in [0.1, 0.15) is 48.5 Å². The van der Waals surface area contributed by atoms with Gasteiger partial charge in [0.1, 0.15) is 6.10 Å². The van der Waals surface area contributed by atoms with E-state index < -0.39 is 8.32 Å². The summed E-state index contributed by atoms with van der Waals surface area (Å²) in [6, 6.07) is 0. The first-order valence-corrected chi connectivity index (χ1v) is 8.75. The smallest absolute Gasteiger partial charge is 0.200 e. The summed E-state index contributed by atoms with van der Waals surface area (Å²) in [4.78, 5) is 0. The fourth-order valence-electron chi connectivity index (χ4n) is 3.13. The topological polar surface area (TPSA) is 21.8 Å². The first-order chi connectivity index (χ1) is 7.32. The van der Waals surface area contributed by atoms with Crippen LogP contribution in [0.4, 0.5) is 0 Å². The predicted octanol–water partition coefficient (Wildman–Crippen LogP) is 3.97. The van der Waals surface area contributed by atoms with Crippen LogP contribution in [0.25, 0.3) is 0 Å². The summed E-state index contributed by atoms with van der Waals surface area (Å²) < 4.78 is 11.9. The molecule has 0 N–H and O–H groups in total. The minimum Gasteiger partial charge on any atom is -0.413 e. The summed E-state index contributed by atoms with van der Waals surface area (Å²) in [5.41, 5.74) is 2.00. The lowest BCUT2D eigenvalue weighted by atomic mass is 10.4.